The van der Waals surface area contributed by atoms with Crippen molar-refractivity contribution in [2.24, 2.45) is 5.92 Å². The van der Waals surface area contributed by atoms with Gasteiger partial charge in [0.25, 0.3) is 0 Å². The van der Waals surface area contributed by atoms with E-state index in [1.807, 2.05) is 24.3 Å². The summed E-state index contributed by atoms with van der Waals surface area (Å²) in [5, 5.41) is 6.23. The Kier molecular flexibility index (Phi) is 4.73. The molecule has 1 amide bonds. The Morgan fingerprint density at radius 1 is 1.45 bits per heavy atom. The molecule has 1 unspecified atom stereocenters. The average Bonchev–Trinajstić information content (AvgIpc) is 3.02. The lowest BCUT2D eigenvalue weighted by Gasteiger charge is -2.24. The highest BCUT2D eigenvalue weighted by Gasteiger charge is 2.25. The number of fused-ring (bicyclic) bond motifs is 1. The van der Waals surface area contributed by atoms with E-state index in [4.69, 9.17) is 4.74 Å². The van der Waals surface area contributed by atoms with Crippen LogP contribution in [0.1, 0.15) is 23.2 Å². The number of aryl methyl sites for hydroxylation is 1. The summed E-state index contributed by atoms with van der Waals surface area (Å²) >= 11 is 1.68. The number of benzene rings is 1. The highest BCUT2D eigenvalue weighted by molar-refractivity contribution is 7.09. The number of nitrogens with zero attached hydrogens (tertiary/aromatic N) is 1. The van der Waals surface area contributed by atoms with Crippen LogP contribution in [0.5, 0.6) is 5.75 Å². The Hall–Kier alpha value is -1.88. The second-order valence-electron chi connectivity index (χ2n) is 5.45. The number of aromatic nitrogens is 1. The van der Waals surface area contributed by atoms with E-state index < -0.39 is 0 Å². The van der Waals surface area contributed by atoms with Crippen LogP contribution < -0.4 is 10.1 Å². The lowest BCUT2D eigenvalue weighted by atomic mass is 9.96. The minimum Gasteiger partial charge on any atom is -0.492 e. The maximum Gasteiger partial charge on any atom is 0.226 e. The monoisotopic (exact) mass is 316 g/mol. The third-order valence-corrected chi connectivity index (χ3v) is 4.87. The van der Waals surface area contributed by atoms with Gasteiger partial charge in [-0.05, 0) is 24.5 Å². The summed E-state index contributed by atoms with van der Waals surface area (Å²) in [4.78, 5) is 16.8. The first kappa shape index (κ1) is 15.0. The van der Waals surface area contributed by atoms with Crippen LogP contribution in [0.2, 0.25) is 0 Å². The van der Waals surface area contributed by atoms with Gasteiger partial charge in [0.2, 0.25) is 5.91 Å². The van der Waals surface area contributed by atoms with Gasteiger partial charge < -0.3 is 10.1 Å². The van der Waals surface area contributed by atoms with E-state index in [0.29, 0.717) is 13.2 Å². The van der Waals surface area contributed by atoms with Gasteiger partial charge in [0.05, 0.1) is 16.6 Å². The normalized spacial score (nSPS) is 16.7. The molecule has 1 aliphatic rings. The maximum atomic E-state index is 12.3. The third kappa shape index (κ3) is 3.47. The second-order valence-corrected chi connectivity index (χ2v) is 6.39. The first-order valence-corrected chi connectivity index (χ1v) is 8.56. The van der Waals surface area contributed by atoms with Gasteiger partial charge in [-0.2, -0.15) is 0 Å². The van der Waals surface area contributed by atoms with Crippen LogP contribution in [-0.4, -0.2) is 24.0 Å². The SMILES string of the molecule is CCc1nc(CCNC(=O)C2COc3ccccc3C2)cs1. The molecule has 2 aromatic rings. The van der Waals surface area contributed by atoms with Crippen LogP contribution in [0, 0.1) is 5.92 Å². The standard InChI is InChI=1S/C17H20N2O2S/c1-2-16-19-14(11-22-16)7-8-18-17(20)13-9-12-5-3-4-6-15(12)21-10-13/h3-6,11,13H,2,7-10H2,1H3,(H,18,20). The summed E-state index contributed by atoms with van der Waals surface area (Å²) in [6.07, 6.45) is 2.50. The lowest BCUT2D eigenvalue weighted by molar-refractivity contribution is -0.126. The largest absolute Gasteiger partial charge is 0.492 e. The zero-order valence-corrected chi connectivity index (χ0v) is 13.5. The molecule has 0 saturated carbocycles. The zero-order chi connectivity index (χ0) is 15.4. The molecule has 1 aliphatic heterocycles. The molecule has 4 nitrogen and oxygen atoms in total. The highest BCUT2D eigenvalue weighted by atomic mass is 32.1. The van der Waals surface area contributed by atoms with Crippen molar-refractivity contribution in [3.63, 3.8) is 0 Å². The van der Waals surface area contributed by atoms with Gasteiger partial charge in [-0.15, -0.1) is 11.3 Å². The number of rotatable bonds is 5. The van der Waals surface area contributed by atoms with E-state index in [9.17, 15) is 4.79 Å². The molecule has 0 radical (unpaired) electrons. The molecule has 5 heteroatoms. The van der Waals surface area contributed by atoms with E-state index in [0.717, 1.165) is 41.3 Å². The van der Waals surface area contributed by atoms with Crippen LogP contribution in [0.4, 0.5) is 0 Å². The quantitative estimate of drug-likeness (QED) is 0.922. The van der Waals surface area contributed by atoms with Gasteiger partial charge in [0.15, 0.2) is 0 Å². The van der Waals surface area contributed by atoms with Gasteiger partial charge in [-0.25, -0.2) is 4.98 Å². The number of para-hydroxylation sites is 1. The molecule has 0 spiro atoms. The van der Waals surface area contributed by atoms with Crippen molar-refractivity contribution in [1.82, 2.24) is 10.3 Å². The first-order valence-electron chi connectivity index (χ1n) is 7.68. The average molecular weight is 316 g/mol. The molecule has 0 fully saturated rings. The number of carbonyl (C=O) groups excluding carboxylic acids is 1. The number of hydrogen-bond acceptors (Lipinski definition) is 4. The Bertz CT molecular complexity index is 654. The van der Waals surface area contributed by atoms with Crippen LogP contribution in [0.3, 0.4) is 0 Å². The maximum absolute atomic E-state index is 12.3. The van der Waals surface area contributed by atoms with E-state index >= 15 is 0 Å². The van der Waals surface area contributed by atoms with Gasteiger partial charge in [0.1, 0.15) is 12.4 Å². The van der Waals surface area contributed by atoms with Crippen molar-refractivity contribution in [1.29, 1.82) is 0 Å². The van der Waals surface area contributed by atoms with E-state index in [2.05, 4.69) is 22.6 Å². The number of ether oxygens (including phenoxy) is 1. The van der Waals surface area contributed by atoms with Crippen molar-refractivity contribution in [3.8, 4) is 5.75 Å². The van der Waals surface area contributed by atoms with E-state index in [1.165, 1.54) is 0 Å². The van der Waals surface area contributed by atoms with Gasteiger partial charge >= 0.3 is 0 Å². The Labute approximate surface area is 134 Å². The number of hydrogen-bond donors (Lipinski definition) is 1. The van der Waals surface area contributed by atoms with Crippen LogP contribution >= 0.6 is 11.3 Å². The molecule has 0 bridgehead atoms. The third-order valence-electron chi connectivity index (χ3n) is 3.83. The zero-order valence-electron chi connectivity index (χ0n) is 12.7. The van der Waals surface area contributed by atoms with Gasteiger partial charge in [-0.1, -0.05) is 25.1 Å². The minimum atomic E-state index is -0.100. The molecule has 0 aliphatic carbocycles. The summed E-state index contributed by atoms with van der Waals surface area (Å²) < 4.78 is 5.67. The molecule has 0 saturated heterocycles. The van der Waals surface area contributed by atoms with Crippen molar-refractivity contribution < 1.29 is 9.53 Å². The summed E-state index contributed by atoms with van der Waals surface area (Å²) in [7, 11) is 0. The van der Waals surface area contributed by atoms with Gasteiger partial charge in [-0.3, -0.25) is 4.79 Å². The van der Waals surface area contributed by atoms with Crippen molar-refractivity contribution in [3.05, 3.63) is 45.9 Å². The number of thiazole rings is 1. The fraction of sp³-hybridized carbons (Fsp3) is 0.412. The Morgan fingerprint density at radius 3 is 3.14 bits per heavy atom. The molecule has 1 atom stereocenters. The van der Waals surface area contributed by atoms with Crippen LogP contribution in [0.25, 0.3) is 0 Å². The number of nitrogens with one attached hydrogen (secondary N) is 1. The number of amides is 1. The topological polar surface area (TPSA) is 51.2 Å². The molecular weight excluding hydrogens is 296 g/mol. The molecule has 1 aromatic heterocycles. The van der Waals surface area contributed by atoms with Gasteiger partial charge in [0, 0.05) is 18.3 Å². The summed E-state index contributed by atoms with van der Waals surface area (Å²) in [5.41, 5.74) is 2.17. The van der Waals surface area contributed by atoms with Crippen molar-refractivity contribution in [2.75, 3.05) is 13.2 Å². The Morgan fingerprint density at radius 2 is 2.32 bits per heavy atom. The summed E-state index contributed by atoms with van der Waals surface area (Å²) in [5.74, 6) is 0.873. The predicted molar refractivity (Wildman–Crippen MR) is 87.3 cm³/mol. The fourth-order valence-electron chi connectivity index (χ4n) is 2.58. The number of carbonyl (C=O) groups is 1. The van der Waals surface area contributed by atoms with Crippen LogP contribution in [0.15, 0.2) is 29.6 Å². The van der Waals surface area contributed by atoms with Crippen LogP contribution in [-0.2, 0) is 24.1 Å². The first-order chi connectivity index (χ1) is 10.8. The van der Waals surface area contributed by atoms with Crippen molar-refractivity contribution in [2.45, 2.75) is 26.2 Å². The Balaban J connectivity index is 1.48. The molecule has 2 heterocycles. The summed E-state index contributed by atoms with van der Waals surface area (Å²) in [6.45, 7) is 3.19. The molecule has 3 rings (SSSR count). The predicted octanol–water partition coefficient (Wildman–Crippen LogP) is 2.62. The molecule has 1 N–H and O–H groups in total. The molecule has 1 aromatic carbocycles. The van der Waals surface area contributed by atoms with E-state index in [-0.39, 0.29) is 11.8 Å². The lowest BCUT2D eigenvalue weighted by Crippen LogP contribution is -2.38. The summed E-state index contributed by atoms with van der Waals surface area (Å²) in [6, 6.07) is 7.92. The highest BCUT2D eigenvalue weighted by Crippen LogP contribution is 2.26. The molecular formula is C17H20N2O2S. The molecule has 116 valence electrons. The second kappa shape index (κ2) is 6.92. The molecule has 22 heavy (non-hydrogen) atoms. The van der Waals surface area contributed by atoms with E-state index in [1.54, 1.807) is 11.3 Å². The fourth-order valence-corrected chi connectivity index (χ4v) is 3.36. The minimum absolute atomic E-state index is 0.0699. The smallest absolute Gasteiger partial charge is 0.226 e. The van der Waals surface area contributed by atoms with Crippen molar-refractivity contribution >= 4 is 17.2 Å².